The van der Waals surface area contributed by atoms with E-state index in [0.29, 0.717) is 31.9 Å². The Morgan fingerprint density at radius 2 is 1.90 bits per heavy atom. The predicted molar refractivity (Wildman–Crippen MR) is 115 cm³/mol. The highest BCUT2D eigenvalue weighted by Crippen LogP contribution is 2.47. The van der Waals surface area contributed by atoms with Crippen molar-refractivity contribution in [2.75, 3.05) is 5.32 Å². The Balaban J connectivity index is 1.73. The largest absolute Gasteiger partial charge is 0.465 e. The van der Waals surface area contributed by atoms with Crippen molar-refractivity contribution in [1.82, 2.24) is 4.57 Å². The zero-order valence-electron chi connectivity index (χ0n) is 16.7. The van der Waals surface area contributed by atoms with Crippen LogP contribution in [0.5, 0.6) is 5.75 Å². The summed E-state index contributed by atoms with van der Waals surface area (Å²) in [4.78, 5) is 44.3. The molecule has 7 nitrogen and oxygen atoms in total. The van der Waals surface area contributed by atoms with Crippen molar-refractivity contribution in [2.24, 2.45) is 10.9 Å². The lowest BCUT2D eigenvalue weighted by Crippen LogP contribution is -2.58. The Bertz CT molecular complexity index is 1500. The average molecular weight is 431 g/mol. The third kappa shape index (κ3) is 2.33. The van der Waals surface area contributed by atoms with Crippen molar-refractivity contribution >= 4 is 34.3 Å². The lowest BCUT2D eigenvalue weighted by molar-refractivity contribution is -0.132. The number of anilines is 1. The maximum absolute atomic E-state index is 13.7. The van der Waals surface area contributed by atoms with Gasteiger partial charge in [-0.15, -0.1) is 0 Å². The van der Waals surface area contributed by atoms with Gasteiger partial charge in [0.15, 0.2) is 4.80 Å². The predicted octanol–water partition coefficient (Wildman–Crippen LogP) is 1.60. The Morgan fingerprint density at radius 3 is 2.71 bits per heavy atom. The number of ketones is 1. The van der Waals surface area contributed by atoms with Gasteiger partial charge in [-0.25, -0.2) is 4.99 Å². The fourth-order valence-electron chi connectivity index (χ4n) is 4.95. The van der Waals surface area contributed by atoms with E-state index in [9.17, 15) is 14.4 Å². The molecule has 3 unspecified atom stereocenters. The number of ether oxygens (including phenoxy) is 1. The van der Waals surface area contributed by atoms with Crippen LogP contribution < -0.4 is 24.9 Å². The molecule has 8 heteroatoms. The first-order valence-electron chi connectivity index (χ1n) is 9.94. The third-order valence-corrected chi connectivity index (χ3v) is 7.25. The summed E-state index contributed by atoms with van der Waals surface area (Å²) in [6.45, 7) is 3.28. The number of carbonyl (C=O) groups is 2. The Hall–Kier alpha value is -3.52. The molecule has 3 aliphatic rings. The number of thiazole rings is 1. The molecule has 0 radical (unpaired) electrons. The number of benzene rings is 2. The van der Waals surface area contributed by atoms with Crippen LogP contribution >= 0.6 is 11.3 Å². The normalized spacial score (nSPS) is 26.7. The minimum Gasteiger partial charge on any atom is -0.465 e. The van der Waals surface area contributed by atoms with Gasteiger partial charge < -0.3 is 10.1 Å². The SMILES string of the molecule is CC(=O)C1C2c3ccccc3OC1(C)N=c1s/c(=C3\C(=O)Nc4ccccc43)c(=O)n12. The summed E-state index contributed by atoms with van der Waals surface area (Å²) in [7, 11) is 0. The molecule has 0 fully saturated rings. The summed E-state index contributed by atoms with van der Waals surface area (Å²) in [6.07, 6.45) is 0. The number of nitrogens with one attached hydrogen (secondary N) is 1. The number of para-hydroxylation sites is 2. The van der Waals surface area contributed by atoms with Gasteiger partial charge in [0, 0.05) is 16.8 Å². The quantitative estimate of drug-likeness (QED) is 0.634. The lowest BCUT2D eigenvalue weighted by atomic mass is 9.79. The van der Waals surface area contributed by atoms with Crippen LogP contribution in [0.25, 0.3) is 5.57 Å². The second-order valence-electron chi connectivity index (χ2n) is 8.10. The van der Waals surface area contributed by atoms with Gasteiger partial charge in [0.25, 0.3) is 11.5 Å². The molecule has 4 heterocycles. The van der Waals surface area contributed by atoms with E-state index < -0.39 is 17.7 Å². The van der Waals surface area contributed by atoms with E-state index in [-0.39, 0.29) is 17.2 Å². The number of hydrogen-bond donors (Lipinski definition) is 1. The summed E-state index contributed by atoms with van der Waals surface area (Å²) in [5.74, 6) is -0.456. The first-order valence-corrected chi connectivity index (χ1v) is 10.8. The molecule has 3 aromatic rings. The van der Waals surface area contributed by atoms with Gasteiger partial charge in [-0.2, -0.15) is 0 Å². The summed E-state index contributed by atoms with van der Waals surface area (Å²) < 4.78 is 8.07. The van der Waals surface area contributed by atoms with Gasteiger partial charge in [0.05, 0.1) is 11.6 Å². The summed E-state index contributed by atoms with van der Waals surface area (Å²) >= 11 is 1.16. The number of nitrogens with zero attached hydrogens (tertiary/aromatic N) is 2. The van der Waals surface area contributed by atoms with E-state index >= 15 is 0 Å². The highest BCUT2D eigenvalue weighted by Gasteiger charge is 2.53. The zero-order valence-corrected chi connectivity index (χ0v) is 17.5. The van der Waals surface area contributed by atoms with Crippen LogP contribution in [0, 0.1) is 5.92 Å². The van der Waals surface area contributed by atoms with Crippen LogP contribution in [0.3, 0.4) is 0 Å². The van der Waals surface area contributed by atoms with Crippen LogP contribution in [0.4, 0.5) is 5.69 Å². The molecule has 3 atom stereocenters. The maximum Gasteiger partial charge on any atom is 0.271 e. The van der Waals surface area contributed by atoms with Crippen LogP contribution in [0.2, 0.25) is 0 Å². The van der Waals surface area contributed by atoms with Crippen LogP contribution in [0.15, 0.2) is 58.3 Å². The molecule has 1 amide bonds. The van der Waals surface area contributed by atoms with E-state index in [1.54, 1.807) is 17.6 Å². The summed E-state index contributed by atoms with van der Waals surface area (Å²) in [5.41, 5.74) is 1.04. The van der Waals surface area contributed by atoms with Gasteiger partial charge in [0.2, 0.25) is 5.72 Å². The fraction of sp³-hybridized carbons (Fsp3) is 0.217. The molecule has 31 heavy (non-hydrogen) atoms. The van der Waals surface area contributed by atoms with Crippen molar-refractivity contribution < 1.29 is 14.3 Å². The van der Waals surface area contributed by atoms with E-state index in [2.05, 4.69) is 5.32 Å². The standard InChI is InChI=1S/C23H17N3O4S/c1-11(27)17-18-13-8-4-6-10-15(13)30-23(17,2)25-22-26(18)21(29)19(31-22)16-12-7-3-5-9-14(12)24-20(16)28/h3-10,17-18H,1-2H3,(H,24,28)/b19-16-. The monoisotopic (exact) mass is 431 g/mol. The molecule has 154 valence electrons. The second kappa shape index (κ2) is 6.01. The summed E-state index contributed by atoms with van der Waals surface area (Å²) in [5, 5.41) is 2.82. The second-order valence-corrected chi connectivity index (χ2v) is 9.08. The Labute approximate surface area is 180 Å². The van der Waals surface area contributed by atoms with E-state index in [4.69, 9.17) is 9.73 Å². The minimum absolute atomic E-state index is 0.104. The van der Waals surface area contributed by atoms with Gasteiger partial charge in [-0.1, -0.05) is 47.7 Å². The molecule has 0 aliphatic carbocycles. The van der Waals surface area contributed by atoms with Crippen molar-refractivity contribution in [1.29, 1.82) is 0 Å². The lowest BCUT2D eigenvalue weighted by Gasteiger charge is -2.45. The summed E-state index contributed by atoms with van der Waals surface area (Å²) in [6, 6.07) is 14.2. The number of fused-ring (bicyclic) bond motifs is 7. The highest BCUT2D eigenvalue weighted by molar-refractivity contribution is 7.07. The van der Waals surface area contributed by atoms with Gasteiger partial charge in [-0.3, -0.25) is 19.0 Å². The topological polar surface area (TPSA) is 89.8 Å². The number of rotatable bonds is 1. The molecule has 1 aromatic heterocycles. The average Bonchev–Trinajstić information content (AvgIpc) is 3.21. The van der Waals surface area contributed by atoms with Crippen LogP contribution in [0.1, 0.15) is 31.0 Å². The third-order valence-electron chi connectivity index (χ3n) is 6.19. The molecular formula is C23H17N3O4S. The van der Waals surface area contributed by atoms with Gasteiger partial charge in [0.1, 0.15) is 22.0 Å². The van der Waals surface area contributed by atoms with E-state index in [1.165, 1.54) is 6.92 Å². The van der Waals surface area contributed by atoms with Crippen LogP contribution in [-0.4, -0.2) is 22.0 Å². The fourth-order valence-corrected chi connectivity index (χ4v) is 6.14. The first kappa shape index (κ1) is 18.3. The molecule has 2 bridgehead atoms. The van der Waals surface area contributed by atoms with Crippen molar-refractivity contribution in [3.63, 3.8) is 0 Å². The number of Topliss-reactive ketones (excluding diaryl/α,β-unsaturated/α-hetero) is 1. The number of aromatic nitrogens is 1. The smallest absolute Gasteiger partial charge is 0.271 e. The van der Waals surface area contributed by atoms with Gasteiger partial charge in [-0.05, 0) is 26.0 Å². The van der Waals surface area contributed by atoms with Crippen LogP contribution in [-0.2, 0) is 9.59 Å². The van der Waals surface area contributed by atoms with Crippen molar-refractivity contribution in [3.05, 3.63) is 79.3 Å². The molecule has 1 N–H and O–H groups in total. The molecule has 2 aromatic carbocycles. The van der Waals surface area contributed by atoms with E-state index in [1.807, 2.05) is 42.5 Å². The Kier molecular flexibility index (Phi) is 3.54. The highest BCUT2D eigenvalue weighted by atomic mass is 32.1. The number of amides is 1. The zero-order chi connectivity index (χ0) is 21.5. The maximum atomic E-state index is 13.7. The molecule has 6 rings (SSSR count). The minimum atomic E-state index is -1.13. The molecule has 0 saturated heterocycles. The van der Waals surface area contributed by atoms with Crippen molar-refractivity contribution in [2.45, 2.75) is 25.6 Å². The number of hydrogen-bond acceptors (Lipinski definition) is 6. The molecule has 0 saturated carbocycles. The molecule has 3 aliphatic heterocycles. The van der Waals surface area contributed by atoms with Gasteiger partial charge >= 0.3 is 0 Å². The molecular weight excluding hydrogens is 414 g/mol. The van der Waals surface area contributed by atoms with E-state index in [0.717, 1.165) is 16.9 Å². The number of carbonyl (C=O) groups excluding carboxylic acids is 2. The molecule has 0 spiro atoms. The first-order chi connectivity index (χ1) is 14.9. The Morgan fingerprint density at radius 1 is 1.16 bits per heavy atom. The van der Waals surface area contributed by atoms with Crippen molar-refractivity contribution in [3.8, 4) is 5.75 Å².